The number of carboxylic acid groups (broad SMARTS) is 1. The van der Waals surface area contributed by atoms with Gasteiger partial charge in [0.25, 0.3) is 0 Å². The van der Waals surface area contributed by atoms with Gasteiger partial charge in [-0.05, 0) is 75.1 Å². The number of fused-ring (bicyclic) bond motifs is 2. The molecule has 436 valence electrons. The van der Waals surface area contributed by atoms with Crippen molar-refractivity contribution >= 4 is 23.4 Å². The van der Waals surface area contributed by atoms with E-state index in [1.165, 1.54) is 6.08 Å². The van der Waals surface area contributed by atoms with Crippen LogP contribution in [0.5, 0.6) is 0 Å². The fourth-order valence-corrected chi connectivity index (χ4v) is 9.79. The van der Waals surface area contributed by atoms with Gasteiger partial charge in [0.1, 0.15) is 18.1 Å². The molecule has 78 heavy (non-hydrogen) atoms. The first-order chi connectivity index (χ1) is 36.9. The Labute approximate surface area is 455 Å². The molecule has 2 saturated heterocycles. The number of carboxylic acids is 1. The normalized spacial score (nSPS) is 38.7. The van der Waals surface area contributed by atoms with Gasteiger partial charge in [0.05, 0.1) is 86.2 Å². The Balaban J connectivity index is 1.53. The van der Waals surface area contributed by atoms with Crippen LogP contribution in [-0.2, 0) is 28.5 Å². The SMILES string of the molecule is CC1/C=C/C=C/C=C/C=C/C=C/C=C/C=C/C(O[C@@H]2OCC(O)[C@H](N)C2O)CC2OC(O)(CC(O)CC(O)CC(O)CC(O)CC(O)CC(O)CC(=O)OC1C(C)CCC(O)CC(=O)c1ccc(N)cc1)CC(O)C2C(=O)O. The summed E-state index contributed by atoms with van der Waals surface area (Å²) in [5.41, 5.74) is 12.6. The summed E-state index contributed by atoms with van der Waals surface area (Å²) in [4.78, 5) is 38.6. The van der Waals surface area contributed by atoms with Crippen molar-refractivity contribution in [2.75, 3.05) is 12.3 Å². The largest absolute Gasteiger partial charge is 0.481 e. The molecular formula is C57H84N2O19. The van der Waals surface area contributed by atoms with Crippen molar-refractivity contribution < 1.29 is 94.6 Å². The molecule has 1 aromatic rings. The van der Waals surface area contributed by atoms with Gasteiger partial charge in [0, 0.05) is 42.9 Å². The molecule has 4 rings (SSSR count). The summed E-state index contributed by atoms with van der Waals surface area (Å²) in [6.45, 7) is 3.42. The molecule has 0 saturated carbocycles. The second-order valence-electron chi connectivity index (χ2n) is 21.0. The van der Waals surface area contributed by atoms with Crippen LogP contribution < -0.4 is 11.5 Å². The third-order valence-electron chi connectivity index (χ3n) is 13.9. The number of rotatable bonds is 10. The van der Waals surface area contributed by atoms with Gasteiger partial charge >= 0.3 is 11.9 Å². The van der Waals surface area contributed by atoms with E-state index in [-0.39, 0.29) is 69.2 Å². The van der Waals surface area contributed by atoms with E-state index >= 15 is 0 Å². The second-order valence-corrected chi connectivity index (χ2v) is 21.0. The number of nitrogen functional groups attached to an aromatic ring is 1. The van der Waals surface area contributed by atoms with E-state index < -0.39 is 141 Å². The number of aliphatic hydroxyl groups excluding tert-OH is 10. The van der Waals surface area contributed by atoms with E-state index in [9.17, 15) is 75.7 Å². The van der Waals surface area contributed by atoms with E-state index in [0.717, 1.165) is 0 Å². The van der Waals surface area contributed by atoms with Crippen LogP contribution in [0.4, 0.5) is 5.69 Å². The number of allylic oxidation sites excluding steroid dienone is 12. The number of nitrogens with two attached hydrogens (primary N) is 2. The topological polar surface area (TPSA) is 383 Å². The molecule has 21 heteroatoms. The number of ketones is 1. The summed E-state index contributed by atoms with van der Waals surface area (Å²) in [7, 11) is 0. The van der Waals surface area contributed by atoms with Crippen LogP contribution in [0.1, 0.15) is 101 Å². The molecule has 0 amide bonds. The first kappa shape index (κ1) is 65.7. The molecule has 0 aromatic heterocycles. The predicted octanol–water partition coefficient (Wildman–Crippen LogP) is 1.69. The minimum absolute atomic E-state index is 0.120. The Hall–Kier alpha value is -4.79. The number of ether oxygens (including phenoxy) is 4. The molecular weight excluding hydrogens is 1020 g/mol. The Kier molecular flexibility index (Phi) is 27.9. The Morgan fingerprint density at radius 2 is 1.22 bits per heavy atom. The van der Waals surface area contributed by atoms with Gasteiger partial charge in [0.15, 0.2) is 17.9 Å². The van der Waals surface area contributed by atoms with Crippen LogP contribution in [0.15, 0.2) is 109 Å². The second kappa shape index (κ2) is 33.1. The molecule has 16 N–H and O–H groups in total. The molecule has 3 aliphatic heterocycles. The smallest absolute Gasteiger partial charge is 0.311 e. The van der Waals surface area contributed by atoms with Crippen molar-refractivity contribution in [3.8, 4) is 0 Å². The highest BCUT2D eigenvalue weighted by Gasteiger charge is 2.50. The molecule has 0 spiro atoms. The monoisotopic (exact) mass is 1100 g/mol. The van der Waals surface area contributed by atoms with Crippen LogP contribution in [0, 0.1) is 17.8 Å². The van der Waals surface area contributed by atoms with Gasteiger partial charge in [-0.1, -0.05) is 98.9 Å². The molecule has 3 heterocycles. The summed E-state index contributed by atoms with van der Waals surface area (Å²) >= 11 is 0. The Morgan fingerprint density at radius 1 is 0.705 bits per heavy atom. The maximum Gasteiger partial charge on any atom is 0.311 e. The number of benzene rings is 1. The van der Waals surface area contributed by atoms with Crippen LogP contribution in [0.3, 0.4) is 0 Å². The molecule has 19 atom stereocenters. The van der Waals surface area contributed by atoms with Crippen molar-refractivity contribution in [2.45, 2.75) is 188 Å². The maximum absolute atomic E-state index is 13.3. The van der Waals surface area contributed by atoms with Crippen LogP contribution >= 0.6 is 0 Å². The number of hydrogen-bond donors (Lipinski definition) is 14. The van der Waals surface area contributed by atoms with Gasteiger partial charge in [-0.3, -0.25) is 14.4 Å². The molecule has 1 aromatic carbocycles. The Bertz CT molecular complexity index is 2200. The number of aliphatic carboxylic acids is 1. The third-order valence-corrected chi connectivity index (χ3v) is 13.9. The summed E-state index contributed by atoms with van der Waals surface area (Å²) < 4.78 is 23.4. The number of carbonyl (C=O) groups excluding carboxylic acids is 2. The third kappa shape index (κ3) is 23.1. The quantitative estimate of drug-likeness (QED) is 0.0900. The molecule has 21 nitrogen and oxygen atoms in total. The van der Waals surface area contributed by atoms with Crippen molar-refractivity contribution in [1.29, 1.82) is 0 Å². The van der Waals surface area contributed by atoms with Gasteiger partial charge < -0.3 is 91.7 Å². The average molecular weight is 1100 g/mol. The van der Waals surface area contributed by atoms with E-state index in [1.807, 2.05) is 19.9 Å². The average Bonchev–Trinajstić information content (AvgIpc) is 3.41. The van der Waals surface area contributed by atoms with Crippen LogP contribution in [0.25, 0.3) is 0 Å². The number of carbonyl (C=O) groups is 3. The van der Waals surface area contributed by atoms with Gasteiger partial charge in [0.2, 0.25) is 0 Å². The lowest BCUT2D eigenvalue weighted by atomic mass is 9.82. The highest BCUT2D eigenvalue weighted by molar-refractivity contribution is 5.96. The van der Waals surface area contributed by atoms with Gasteiger partial charge in [-0.15, -0.1) is 0 Å². The number of Topliss-reactive ketones (excluding diaryl/α,β-unsaturated/α-hetero) is 1. The number of esters is 1. The minimum Gasteiger partial charge on any atom is -0.481 e. The zero-order valence-corrected chi connectivity index (χ0v) is 44.4. The summed E-state index contributed by atoms with van der Waals surface area (Å²) in [5, 5.41) is 129. The number of hydrogen-bond acceptors (Lipinski definition) is 20. The lowest BCUT2D eigenvalue weighted by Crippen LogP contribution is -2.59. The predicted molar refractivity (Wildman–Crippen MR) is 286 cm³/mol. The van der Waals surface area contributed by atoms with E-state index in [1.54, 1.807) is 97.2 Å². The van der Waals surface area contributed by atoms with E-state index in [4.69, 9.17) is 30.4 Å². The number of cyclic esters (lactones) is 1. The fraction of sp³-hybridized carbons (Fsp3) is 0.596. The fourth-order valence-electron chi connectivity index (χ4n) is 9.79. The van der Waals surface area contributed by atoms with Gasteiger partial charge in [-0.2, -0.15) is 0 Å². The highest BCUT2D eigenvalue weighted by Crippen LogP contribution is 2.38. The number of aliphatic hydroxyl groups is 11. The highest BCUT2D eigenvalue weighted by atomic mass is 16.7. The van der Waals surface area contributed by atoms with Gasteiger partial charge in [-0.25, -0.2) is 0 Å². The van der Waals surface area contributed by atoms with E-state index in [0.29, 0.717) is 17.7 Å². The first-order valence-electron chi connectivity index (χ1n) is 26.7. The van der Waals surface area contributed by atoms with Crippen LogP contribution in [-0.4, -0.2) is 183 Å². The first-order valence-corrected chi connectivity index (χ1v) is 26.7. The standard InChI is InChI=1S/C57H84N2O19/c1-34-15-13-11-9-7-5-3-4-6-8-10-12-14-16-45(76-56-53(71)52(59)48(69)33-75-56)30-49-51(55(72)73)47(68)32-57(74,78-49)31-44(66)27-42(64)25-40(62)23-39(61)24-41(63)26-43(65)29-50(70)77-54(34)35(2)17-22-38(60)28-46(67)36-18-20-37(58)21-19-36/h3-16,18-21,34-35,38-45,47-49,51-54,56,60-66,68-69,71,74H,17,22-33,58-59H2,1-2H3,(H,72,73)/b4-3+,7-5+,8-6+,11-9+,12-10+,15-13+,16-14+/t34?,35?,38?,39?,40?,41?,42?,43?,44?,45?,47?,48?,49?,51?,52-,53?,54?,56-,57?/m0/s1. The molecule has 3 aliphatic rings. The molecule has 0 radical (unpaired) electrons. The summed E-state index contributed by atoms with van der Waals surface area (Å²) in [6, 6.07) is 5.26. The van der Waals surface area contributed by atoms with Crippen molar-refractivity contribution in [1.82, 2.24) is 0 Å². The van der Waals surface area contributed by atoms with Crippen LogP contribution in [0.2, 0.25) is 0 Å². The lowest BCUT2D eigenvalue weighted by Gasteiger charge is -2.45. The zero-order chi connectivity index (χ0) is 57.5. The molecule has 0 aliphatic carbocycles. The Morgan fingerprint density at radius 3 is 1.77 bits per heavy atom. The number of anilines is 1. The van der Waals surface area contributed by atoms with E-state index in [2.05, 4.69) is 0 Å². The molecule has 2 fully saturated rings. The summed E-state index contributed by atoms with van der Waals surface area (Å²) in [6.07, 6.45) is 2.39. The van der Waals surface area contributed by atoms with Crippen molar-refractivity contribution in [3.05, 3.63) is 115 Å². The maximum atomic E-state index is 13.3. The molecule has 17 unspecified atom stereocenters. The van der Waals surface area contributed by atoms with Crippen molar-refractivity contribution in [3.63, 3.8) is 0 Å². The minimum atomic E-state index is -2.33. The summed E-state index contributed by atoms with van der Waals surface area (Å²) in [5.74, 6) is -7.06. The lowest BCUT2D eigenvalue weighted by molar-refractivity contribution is -0.305. The van der Waals surface area contributed by atoms with Crippen molar-refractivity contribution in [2.24, 2.45) is 23.5 Å². The zero-order valence-electron chi connectivity index (χ0n) is 44.4. The molecule has 2 bridgehead atoms.